The number of allylic oxidation sites excluding steroid dienone is 3. The van der Waals surface area contributed by atoms with Crippen LogP contribution in [0.2, 0.25) is 0 Å². The number of anilines is 1. The molecule has 1 aromatic carbocycles. The van der Waals surface area contributed by atoms with Crippen molar-refractivity contribution in [3.05, 3.63) is 58.2 Å². The maximum Gasteiger partial charge on any atom is 0.0434 e. The van der Waals surface area contributed by atoms with E-state index in [0.29, 0.717) is 5.41 Å². The lowest BCUT2D eigenvalue weighted by Crippen LogP contribution is -2.35. The Morgan fingerprint density at radius 1 is 1.09 bits per heavy atom. The van der Waals surface area contributed by atoms with Gasteiger partial charge >= 0.3 is 0 Å². The Balaban J connectivity index is 0.000000299. The van der Waals surface area contributed by atoms with Gasteiger partial charge in [-0.25, -0.2) is 0 Å². The first-order chi connectivity index (χ1) is 15.5. The maximum atomic E-state index is 4.12. The third-order valence-corrected chi connectivity index (χ3v) is 7.66. The summed E-state index contributed by atoms with van der Waals surface area (Å²) >= 11 is 0. The molecule has 184 valence electrons. The van der Waals surface area contributed by atoms with Gasteiger partial charge in [-0.2, -0.15) is 0 Å². The molecule has 0 spiro atoms. The lowest BCUT2D eigenvalue weighted by molar-refractivity contribution is 0.301. The number of hydrogen-bond donors (Lipinski definition) is 0. The monoisotopic (exact) mass is 449 g/mol. The van der Waals surface area contributed by atoms with Crippen molar-refractivity contribution in [2.75, 3.05) is 18.0 Å². The minimum absolute atomic E-state index is 0.578. The molecule has 0 unspecified atom stereocenters. The third kappa shape index (κ3) is 7.62. The molecule has 0 radical (unpaired) electrons. The summed E-state index contributed by atoms with van der Waals surface area (Å²) in [6.45, 7) is 28.8. The normalized spacial score (nSPS) is 14.9. The first kappa shape index (κ1) is 27.5. The molecule has 2 aliphatic heterocycles. The van der Waals surface area contributed by atoms with Crippen molar-refractivity contribution in [1.29, 1.82) is 0 Å². The molecule has 33 heavy (non-hydrogen) atoms. The lowest BCUT2D eigenvalue weighted by Gasteiger charge is -2.38. The molecule has 0 saturated heterocycles. The quantitative estimate of drug-likeness (QED) is 0.357. The molecule has 0 saturated carbocycles. The Labute approximate surface area is 206 Å². The molecule has 0 aromatic heterocycles. The van der Waals surface area contributed by atoms with Crippen LogP contribution in [0.1, 0.15) is 109 Å². The second-order valence-corrected chi connectivity index (χ2v) is 11.7. The summed E-state index contributed by atoms with van der Waals surface area (Å²) in [7, 11) is 0. The van der Waals surface area contributed by atoms with Crippen LogP contribution in [0, 0.1) is 18.3 Å². The highest BCUT2D eigenvalue weighted by atomic mass is 15.1. The predicted octanol–water partition coefficient (Wildman–Crippen LogP) is 9.48. The summed E-state index contributed by atoms with van der Waals surface area (Å²) in [4.78, 5) is 2.61. The van der Waals surface area contributed by atoms with E-state index >= 15 is 0 Å². The fraction of sp³-hybridized carbons (Fsp3) is 0.625. The van der Waals surface area contributed by atoms with Crippen LogP contribution in [0.4, 0.5) is 5.69 Å². The summed E-state index contributed by atoms with van der Waals surface area (Å²) in [6, 6.07) is 2.41. The Morgan fingerprint density at radius 3 is 2.24 bits per heavy atom. The molecule has 0 amide bonds. The smallest absolute Gasteiger partial charge is 0.0434 e. The van der Waals surface area contributed by atoms with Gasteiger partial charge in [-0.05, 0) is 104 Å². The predicted molar refractivity (Wildman–Crippen MR) is 150 cm³/mol. The average molecular weight is 450 g/mol. The van der Waals surface area contributed by atoms with Crippen LogP contribution in [0.15, 0.2) is 35.9 Å². The molecule has 2 heterocycles. The molecule has 0 N–H and O–H groups in total. The molecular formula is C32H51N. The van der Waals surface area contributed by atoms with Gasteiger partial charge in [0.2, 0.25) is 0 Å². The van der Waals surface area contributed by atoms with Gasteiger partial charge in [0, 0.05) is 18.8 Å². The van der Waals surface area contributed by atoms with Gasteiger partial charge in [0.25, 0.3) is 0 Å². The van der Waals surface area contributed by atoms with Crippen LogP contribution >= 0.6 is 0 Å². The van der Waals surface area contributed by atoms with E-state index in [1.54, 1.807) is 16.8 Å². The van der Waals surface area contributed by atoms with Gasteiger partial charge in [0.15, 0.2) is 0 Å². The molecule has 0 aliphatic carbocycles. The van der Waals surface area contributed by atoms with E-state index < -0.39 is 0 Å². The minimum Gasteiger partial charge on any atom is -0.371 e. The summed E-state index contributed by atoms with van der Waals surface area (Å²) in [5, 5.41) is 0. The first-order valence-corrected chi connectivity index (χ1v) is 13.4. The largest absolute Gasteiger partial charge is 0.371 e. The Kier molecular flexibility index (Phi) is 10.1. The molecule has 1 nitrogen and oxygen atoms in total. The van der Waals surface area contributed by atoms with Gasteiger partial charge < -0.3 is 4.90 Å². The van der Waals surface area contributed by atoms with Crippen molar-refractivity contribution in [2.45, 2.75) is 107 Å². The van der Waals surface area contributed by atoms with Crippen LogP contribution in [0.3, 0.4) is 0 Å². The molecule has 0 bridgehead atoms. The molecule has 2 aliphatic rings. The van der Waals surface area contributed by atoms with E-state index in [4.69, 9.17) is 0 Å². The molecule has 0 atom stereocenters. The summed E-state index contributed by atoms with van der Waals surface area (Å²) in [5.41, 5.74) is 11.5. The Bertz CT molecular complexity index is 847. The molecule has 1 aromatic rings. The SMILES string of the molecule is C=C(C)C(=Cc1cc2c3c(c1C)CCCN3CCC2)C(=C)C.CCC(C)(C)CCCC(C)C. The van der Waals surface area contributed by atoms with E-state index in [9.17, 15) is 0 Å². The van der Waals surface area contributed by atoms with Gasteiger partial charge in [-0.3, -0.25) is 0 Å². The molecule has 0 fully saturated rings. The van der Waals surface area contributed by atoms with Crippen LogP contribution in [-0.2, 0) is 12.8 Å². The molecule has 3 rings (SSSR count). The summed E-state index contributed by atoms with van der Waals surface area (Å²) < 4.78 is 0. The van der Waals surface area contributed by atoms with Crippen LogP contribution in [0.25, 0.3) is 6.08 Å². The molecule has 1 heteroatoms. The minimum atomic E-state index is 0.578. The topological polar surface area (TPSA) is 3.24 Å². The van der Waals surface area contributed by atoms with Gasteiger partial charge in [-0.15, -0.1) is 0 Å². The number of nitrogens with zero attached hydrogens (tertiary/aromatic N) is 1. The van der Waals surface area contributed by atoms with Gasteiger partial charge in [0.05, 0.1) is 0 Å². The van der Waals surface area contributed by atoms with Crippen molar-refractivity contribution < 1.29 is 0 Å². The fourth-order valence-electron chi connectivity index (χ4n) is 5.12. The maximum absolute atomic E-state index is 4.12. The highest BCUT2D eigenvalue weighted by Gasteiger charge is 2.26. The molecular weight excluding hydrogens is 398 g/mol. The van der Waals surface area contributed by atoms with Crippen molar-refractivity contribution >= 4 is 11.8 Å². The van der Waals surface area contributed by atoms with Crippen molar-refractivity contribution in [3.8, 4) is 0 Å². The number of aryl methyl sites for hydroxylation is 1. The highest BCUT2D eigenvalue weighted by Crippen LogP contribution is 2.39. The van der Waals surface area contributed by atoms with Crippen LogP contribution in [0.5, 0.6) is 0 Å². The highest BCUT2D eigenvalue weighted by molar-refractivity contribution is 5.74. The van der Waals surface area contributed by atoms with E-state index in [2.05, 4.69) is 85.6 Å². The van der Waals surface area contributed by atoms with E-state index in [1.807, 2.05) is 0 Å². The van der Waals surface area contributed by atoms with Crippen molar-refractivity contribution in [1.82, 2.24) is 0 Å². The Hall–Kier alpha value is -1.76. The zero-order valence-corrected chi connectivity index (χ0v) is 23.2. The average Bonchev–Trinajstić information content (AvgIpc) is 2.74. The third-order valence-electron chi connectivity index (χ3n) is 7.66. The fourth-order valence-corrected chi connectivity index (χ4v) is 5.12. The van der Waals surface area contributed by atoms with Crippen LogP contribution in [-0.4, -0.2) is 13.1 Å². The zero-order chi connectivity index (χ0) is 24.8. The summed E-state index contributed by atoms with van der Waals surface area (Å²) in [6.07, 6.45) is 12.8. The van der Waals surface area contributed by atoms with E-state index in [0.717, 1.165) is 17.1 Å². The number of hydrogen-bond acceptors (Lipinski definition) is 1. The zero-order valence-electron chi connectivity index (χ0n) is 23.2. The van der Waals surface area contributed by atoms with Crippen molar-refractivity contribution in [2.24, 2.45) is 11.3 Å². The number of benzene rings is 1. The van der Waals surface area contributed by atoms with E-state index in [1.165, 1.54) is 81.2 Å². The van der Waals surface area contributed by atoms with E-state index in [-0.39, 0.29) is 0 Å². The first-order valence-electron chi connectivity index (χ1n) is 13.4. The second-order valence-electron chi connectivity index (χ2n) is 11.7. The number of rotatable bonds is 8. The summed E-state index contributed by atoms with van der Waals surface area (Å²) in [5.74, 6) is 0.877. The van der Waals surface area contributed by atoms with Crippen molar-refractivity contribution in [3.63, 3.8) is 0 Å². The van der Waals surface area contributed by atoms with Gasteiger partial charge in [-0.1, -0.05) is 78.2 Å². The standard InChI is InChI=1S/C21H27N.C11H24/c1-14(2)20(15(3)4)13-18-12-17-8-6-10-22-11-7-9-19(16(18)5)21(17)22;1-6-11(4,5)9-7-8-10(2)3/h12-13H,1,3,6-11H2,2,4-5H3;10H,6-9H2,1-5H3. The lowest BCUT2D eigenvalue weighted by atomic mass is 9.84. The Morgan fingerprint density at radius 2 is 1.70 bits per heavy atom. The van der Waals surface area contributed by atoms with Crippen LogP contribution < -0.4 is 4.90 Å². The van der Waals surface area contributed by atoms with Gasteiger partial charge in [0.1, 0.15) is 0 Å². The second kappa shape index (κ2) is 12.1.